The number of halogens is 1. The highest BCUT2D eigenvalue weighted by Gasteiger charge is 2.23. The van der Waals surface area contributed by atoms with Crippen LogP contribution in [0.5, 0.6) is 0 Å². The molecule has 8 heteroatoms. The van der Waals surface area contributed by atoms with Crippen LogP contribution in [0.3, 0.4) is 0 Å². The Hall–Kier alpha value is -1.67. The minimum Gasteiger partial charge on any atom is -0.478 e. The molecule has 1 N–H and O–H groups in total. The van der Waals surface area contributed by atoms with Crippen LogP contribution in [-0.2, 0) is 22.6 Å². The number of aromatic carboxylic acids is 1. The molecular formula is C12H11BrN2O4S. The van der Waals surface area contributed by atoms with Crippen molar-refractivity contribution >= 4 is 31.7 Å². The van der Waals surface area contributed by atoms with Crippen molar-refractivity contribution in [3.05, 3.63) is 46.2 Å². The molecule has 1 aromatic heterocycles. The smallest absolute Gasteiger partial charge is 0.339 e. The first kappa shape index (κ1) is 14.7. The largest absolute Gasteiger partial charge is 0.478 e. The molecule has 0 aliphatic heterocycles. The lowest BCUT2D eigenvalue weighted by atomic mass is 10.3. The van der Waals surface area contributed by atoms with E-state index >= 15 is 0 Å². The maximum Gasteiger partial charge on any atom is 0.339 e. The van der Waals surface area contributed by atoms with Crippen molar-refractivity contribution in [2.45, 2.75) is 10.6 Å². The second-order valence-corrected chi connectivity index (χ2v) is 7.06. The van der Waals surface area contributed by atoms with Gasteiger partial charge in [-0.1, -0.05) is 22.0 Å². The molecule has 0 spiro atoms. The first-order chi connectivity index (χ1) is 9.31. The Labute approximate surface area is 124 Å². The van der Waals surface area contributed by atoms with Crippen LogP contribution in [0.15, 0.2) is 39.8 Å². The molecule has 0 radical (unpaired) electrons. The number of hydrogen-bond acceptors (Lipinski definition) is 4. The molecule has 0 unspecified atom stereocenters. The summed E-state index contributed by atoms with van der Waals surface area (Å²) in [5, 5.41) is 12.8. The standard InChI is InChI=1S/C12H11BrN2O4S/c1-15-11(10(6-14-15)12(16)17)7-20(18,19)9-4-2-3-8(13)5-9/h2-6H,7H2,1H3,(H,16,17). The SMILES string of the molecule is Cn1ncc(C(=O)O)c1CS(=O)(=O)c1cccc(Br)c1. The molecule has 0 amide bonds. The lowest BCUT2D eigenvalue weighted by Gasteiger charge is -2.06. The Balaban J connectivity index is 2.44. The zero-order chi connectivity index (χ0) is 14.9. The average molecular weight is 359 g/mol. The number of carbonyl (C=O) groups is 1. The highest BCUT2D eigenvalue weighted by atomic mass is 79.9. The van der Waals surface area contributed by atoms with Gasteiger partial charge in [0.05, 0.1) is 22.5 Å². The van der Waals surface area contributed by atoms with E-state index in [9.17, 15) is 13.2 Å². The van der Waals surface area contributed by atoms with Crippen molar-refractivity contribution in [1.29, 1.82) is 0 Å². The van der Waals surface area contributed by atoms with E-state index < -0.39 is 21.6 Å². The van der Waals surface area contributed by atoms with E-state index in [4.69, 9.17) is 5.11 Å². The number of aryl methyl sites for hydroxylation is 1. The number of nitrogens with zero attached hydrogens (tertiary/aromatic N) is 2. The predicted molar refractivity (Wildman–Crippen MR) is 75.2 cm³/mol. The van der Waals surface area contributed by atoms with Crippen molar-refractivity contribution in [3.8, 4) is 0 Å². The van der Waals surface area contributed by atoms with Gasteiger partial charge in [-0.2, -0.15) is 5.10 Å². The summed E-state index contributed by atoms with van der Waals surface area (Å²) in [5.74, 6) is -1.61. The van der Waals surface area contributed by atoms with Crippen LogP contribution in [0.2, 0.25) is 0 Å². The summed E-state index contributed by atoms with van der Waals surface area (Å²) in [5.41, 5.74) is 0.0450. The van der Waals surface area contributed by atoms with Gasteiger partial charge in [-0.25, -0.2) is 13.2 Å². The fourth-order valence-corrected chi connectivity index (χ4v) is 3.75. The van der Waals surface area contributed by atoms with Crippen LogP contribution in [0.4, 0.5) is 0 Å². The number of sulfone groups is 1. The fourth-order valence-electron chi connectivity index (χ4n) is 1.74. The van der Waals surface area contributed by atoms with Gasteiger partial charge in [0.15, 0.2) is 9.84 Å². The Morgan fingerprint density at radius 2 is 2.15 bits per heavy atom. The summed E-state index contributed by atoms with van der Waals surface area (Å²) in [6.07, 6.45) is 1.15. The summed E-state index contributed by atoms with van der Waals surface area (Å²) in [6.45, 7) is 0. The third kappa shape index (κ3) is 2.91. The molecule has 20 heavy (non-hydrogen) atoms. The van der Waals surface area contributed by atoms with E-state index in [0.717, 1.165) is 6.20 Å². The van der Waals surface area contributed by atoms with Crippen LogP contribution in [0, 0.1) is 0 Å². The van der Waals surface area contributed by atoms with Crippen LogP contribution in [0.1, 0.15) is 16.1 Å². The number of hydrogen-bond donors (Lipinski definition) is 1. The molecule has 106 valence electrons. The summed E-state index contributed by atoms with van der Waals surface area (Å²) in [6, 6.07) is 6.27. The van der Waals surface area contributed by atoms with Gasteiger partial charge in [0.2, 0.25) is 0 Å². The Morgan fingerprint density at radius 3 is 2.75 bits per heavy atom. The average Bonchev–Trinajstić information content (AvgIpc) is 2.71. The van der Waals surface area contributed by atoms with Crippen molar-refractivity contribution in [1.82, 2.24) is 9.78 Å². The molecule has 0 aliphatic rings. The molecule has 0 saturated carbocycles. The highest BCUT2D eigenvalue weighted by Crippen LogP contribution is 2.21. The van der Waals surface area contributed by atoms with E-state index in [1.54, 1.807) is 12.1 Å². The number of benzene rings is 1. The van der Waals surface area contributed by atoms with Gasteiger partial charge in [0.1, 0.15) is 5.56 Å². The van der Waals surface area contributed by atoms with Crippen LogP contribution in [-0.4, -0.2) is 29.3 Å². The summed E-state index contributed by atoms with van der Waals surface area (Å²) >= 11 is 3.21. The van der Waals surface area contributed by atoms with Crippen LogP contribution < -0.4 is 0 Å². The minimum absolute atomic E-state index is 0.105. The molecule has 2 aromatic rings. The van der Waals surface area contributed by atoms with Crippen LogP contribution in [0.25, 0.3) is 0 Å². The zero-order valence-corrected chi connectivity index (χ0v) is 12.8. The molecule has 1 aromatic carbocycles. The molecule has 6 nitrogen and oxygen atoms in total. The topological polar surface area (TPSA) is 89.3 Å². The van der Waals surface area contributed by atoms with Gasteiger partial charge in [-0.15, -0.1) is 0 Å². The zero-order valence-electron chi connectivity index (χ0n) is 10.4. The van der Waals surface area contributed by atoms with Crippen molar-refractivity contribution in [2.24, 2.45) is 7.05 Å². The molecule has 0 bridgehead atoms. The second kappa shape index (κ2) is 5.37. The van der Waals surface area contributed by atoms with Gasteiger partial charge in [-0.3, -0.25) is 4.68 Å². The first-order valence-electron chi connectivity index (χ1n) is 5.54. The lowest BCUT2D eigenvalue weighted by Crippen LogP contribution is -2.12. The van der Waals surface area contributed by atoms with Crippen molar-refractivity contribution < 1.29 is 18.3 Å². The van der Waals surface area contributed by atoms with Crippen molar-refractivity contribution in [3.63, 3.8) is 0 Å². The van der Waals surface area contributed by atoms with E-state index in [1.807, 2.05) is 0 Å². The van der Waals surface area contributed by atoms with Gasteiger partial charge < -0.3 is 5.11 Å². The maximum atomic E-state index is 12.3. The monoisotopic (exact) mass is 358 g/mol. The number of carboxylic acids is 1. The van der Waals surface area contributed by atoms with Crippen LogP contribution >= 0.6 is 15.9 Å². The summed E-state index contributed by atoms with van der Waals surface area (Å²) < 4.78 is 26.6. The lowest BCUT2D eigenvalue weighted by molar-refractivity contribution is 0.0696. The van der Waals surface area contributed by atoms with Gasteiger partial charge in [-0.05, 0) is 18.2 Å². The normalized spacial score (nSPS) is 11.5. The maximum absolute atomic E-state index is 12.3. The quantitative estimate of drug-likeness (QED) is 0.900. The number of rotatable bonds is 4. The molecule has 2 rings (SSSR count). The third-order valence-corrected chi connectivity index (χ3v) is 4.89. The van der Waals surface area contributed by atoms with Gasteiger partial charge in [0, 0.05) is 11.5 Å². The molecule has 0 fully saturated rings. The van der Waals surface area contributed by atoms with Gasteiger partial charge in [0.25, 0.3) is 0 Å². The molecule has 0 saturated heterocycles. The Kier molecular flexibility index (Phi) is 3.96. The molecule has 0 atom stereocenters. The first-order valence-corrected chi connectivity index (χ1v) is 7.98. The summed E-state index contributed by atoms with van der Waals surface area (Å²) in [7, 11) is -2.13. The molecule has 1 heterocycles. The Bertz CT molecular complexity index is 768. The predicted octanol–water partition coefficient (Wildman–Crippen LogP) is 1.85. The van der Waals surface area contributed by atoms with Gasteiger partial charge >= 0.3 is 5.97 Å². The van der Waals surface area contributed by atoms with E-state index in [-0.39, 0.29) is 16.2 Å². The van der Waals surface area contributed by atoms with E-state index in [0.29, 0.717) is 4.47 Å². The molecular weight excluding hydrogens is 348 g/mol. The number of carboxylic acid groups (broad SMARTS) is 1. The molecule has 0 aliphatic carbocycles. The third-order valence-electron chi connectivity index (χ3n) is 2.77. The van der Waals surface area contributed by atoms with Crippen molar-refractivity contribution in [2.75, 3.05) is 0 Å². The van der Waals surface area contributed by atoms with E-state index in [2.05, 4.69) is 21.0 Å². The number of aromatic nitrogens is 2. The highest BCUT2D eigenvalue weighted by molar-refractivity contribution is 9.10. The summed E-state index contributed by atoms with van der Waals surface area (Å²) in [4.78, 5) is 11.2. The van der Waals surface area contributed by atoms with E-state index in [1.165, 1.54) is 23.9 Å². The minimum atomic E-state index is -3.64. The second-order valence-electron chi connectivity index (χ2n) is 4.15. The fraction of sp³-hybridized carbons (Fsp3) is 0.167. The Morgan fingerprint density at radius 1 is 1.45 bits per heavy atom.